The van der Waals surface area contributed by atoms with E-state index in [1.165, 1.54) is 0 Å². The van der Waals surface area contributed by atoms with Crippen LogP contribution < -0.4 is 5.32 Å². The Hall–Kier alpha value is -1.56. The van der Waals surface area contributed by atoms with Gasteiger partial charge in [0.25, 0.3) is 5.91 Å². The Morgan fingerprint density at radius 3 is 2.25 bits per heavy atom. The van der Waals surface area contributed by atoms with E-state index in [-0.39, 0.29) is 17.5 Å². The molecule has 1 atom stereocenters. The maximum absolute atomic E-state index is 13.0. The highest BCUT2D eigenvalue weighted by Crippen LogP contribution is 2.21. The lowest BCUT2D eigenvalue weighted by molar-refractivity contribution is 0.0901. The summed E-state index contributed by atoms with van der Waals surface area (Å²) in [6.07, 6.45) is -0.0676. The molecule has 1 rings (SSSR count). The number of halogens is 3. The van der Waals surface area contributed by atoms with Crippen LogP contribution in [0.4, 0.5) is 13.2 Å². The average molecular weight is 289 g/mol. The Morgan fingerprint density at radius 1 is 1.30 bits per heavy atom. The van der Waals surface area contributed by atoms with Crippen molar-refractivity contribution in [2.75, 3.05) is 6.54 Å². The van der Waals surface area contributed by atoms with Gasteiger partial charge in [-0.3, -0.25) is 4.79 Å². The quantitative estimate of drug-likeness (QED) is 0.819. The molecule has 0 aliphatic heterocycles. The Bertz CT molecular complexity index is 478. The van der Waals surface area contributed by atoms with Crippen molar-refractivity contribution in [3.63, 3.8) is 0 Å². The SMILES string of the molecule is CC(O)CC(C)(C)CNC(=O)c1cc(F)c(F)c(F)c1. The molecule has 0 saturated heterocycles. The molecule has 1 amide bonds. The van der Waals surface area contributed by atoms with E-state index < -0.39 is 29.5 Å². The van der Waals surface area contributed by atoms with E-state index in [1.807, 2.05) is 13.8 Å². The number of nitrogens with one attached hydrogen (secondary N) is 1. The molecule has 0 spiro atoms. The Kier molecular flexibility index (Phi) is 5.16. The highest BCUT2D eigenvalue weighted by Gasteiger charge is 2.22. The van der Waals surface area contributed by atoms with Gasteiger partial charge < -0.3 is 10.4 Å². The van der Waals surface area contributed by atoms with Crippen LogP contribution >= 0.6 is 0 Å². The minimum atomic E-state index is -1.60. The molecule has 0 saturated carbocycles. The van der Waals surface area contributed by atoms with Crippen LogP contribution in [-0.4, -0.2) is 23.7 Å². The van der Waals surface area contributed by atoms with Gasteiger partial charge in [0.05, 0.1) is 6.10 Å². The summed E-state index contributed by atoms with van der Waals surface area (Å²) < 4.78 is 38.8. The first kappa shape index (κ1) is 16.5. The first-order valence-electron chi connectivity index (χ1n) is 6.23. The largest absolute Gasteiger partial charge is 0.393 e. The summed E-state index contributed by atoms with van der Waals surface area (Å²) in [7, 11) is 0. The molecule has 1 unspecified atom stereocenters. The van der Waals surface area contributed by atoms with Gasteiger partial charge in [-0.05, 0) is 30.9 Å². The summed E-state index contributed by atoms with van der Waals surface area (Å²) in [5.74, 6) is -5.10. The third-order valence-corrected chi connectivity index (χ3v) is 2.82. The summed E-state index contributed by atoms with van der Waals surface area (Å²) in [4.78, 5) is 11.8. The molecule has 1 aromatic carbocycles. The molecule has 112 valence electrons. The molecule has 0 radical (unpaired) electrons. The van der Waals surface area contributed by atoms with Crippen molar-refractivity contribution in [1.82, 2.24) is 5.32 Å². The number of amides is 1. The smallest absolute Gasteiger partial charge is 0.251 e. The zero-order valence-electron chi connectivity index (χ0n) is 11.6. The number of hydrogen-bond acceptors (Lipinski definition) is 2. The van der Waals surface area contributed by atoms with Crippen LogP contribution in [-0.2, 0) is 0 Å². The summed E-state index contributed by atoms with van der Waals surface area (Å²) >= 11 is 0. The topological polar surface area (TPSA) is 49.3 Å². The summed E-state index contributed by atoms with van der Waals surface area (Å²) in [6.45, 7) is 5.53. The van der Waals surface area contributed by atoms with E-state index in [0.717, 1.165) is 0 Å². The average Bonchev–Trinajstić information content (AvgIpc) is 2.31. The Balaban J connectivity index is 2.73. The van der Waals surface area contributed by atoms with Gasteiger partial charge in [-0.2, -0.15) is 0 Å². The second-order valence-corrected chi connectivity index (χ2v) is 5.65. The fourth-order valence-corrected chi connectivity index (χ4v) is 1.98. The predicted octanol–water partition coefficient (Wildman–Crippen LogP) is 2.63. The fourth-order valence-electron chi connectivity index (χ4n) is 1.98. The number of hydrogen-bond donors (Lipinski definition) is 2. The van der Waals surface area contributed by atoms with E-state index in [4.69, 9.17) is 0 Å². The van der Waals surface area contributed by atoms with Crippen molar-refractivity contribution in [1.29, 1.82) is 0 Å². The molecule has 0 bridgehead atoms. The van der Waals surface area contributed by atoms with E-state index in [0.29, 0.717) is 18.6 Å². The van der Waals surface area contributed by atoms with Crippen molar-refractivity contribution >= 4 is 5.91 Å². The minimum Gasteiger partial charge on any atom is -0.393 e. The number of aliphatic hydroxyl groups is 1. The van der Waals surface area contributed by atoms with Gasteiger partial charge >= 0.3 is 0 Å². The van der Waals surface area contributed by atoms with Gasteiger partial charge in [-0.1, -0.05) is 13.8 Å². The van der Waals surface area contributed by atoms with Crippen LogP contribution in [0, 0.1) is 22.9 Å². The number of rotatable bonds is 5. The lowest BCUT2D eigenvalue weighted by atomic mass is 9.87. The molecule has 1 aromatic rings. The summed E-state index contributed by atoms with van der Waals surface area (Å²) in [5.41, 5.74) is -0.657. The predicted molar refractivity (Wildman–Crippen MR) is 68.7 cm³/mol. The van der Waals surface area contributed by atoms with Crippen LogP contribution in [0.1, 0.15) is 37.6 Å². The van der Waals surface area contributed by atoms with Crippen LogP contribution in [0.3, 0.4) is 0 Å². The van der Waals surface area contributed by atoms with Crippen molar-refractivity contribution in [3.05, 3.63) is 35.1 Å². The molecule has 0 aliphatic carbocycles. The highest BCUT2D eigenvalue weighted by atomic mass is 19.2. The third kappa shape index (κ3) is 4.52. The van der Waals surface area contributed by atoms with Crippen LogP contribution in [0.15, 0.2) is 12.1 Å². The van der Waals surface area contributed by atoms with Crippen LogP contribution in [0.5, 0.6) is 0 Å². The van der Waals surface area contributed by atoms with E-state index >= 15 is 0 Å². The lowest BCUT2D eigenvalue weighted by Gasteiger charge is -2.26. The highest BCUT2D eigenvalue weighted by molar-refractivity contribution is 5.94. The second kappa shape index (κ2) is 6.26. The normalized spacial score (nSPS) is 13.2. The molecular formula is C14H18F3NO2. The zero-order valence-corrected chi connectivity index (χ0v) is 11.6. The molecule has 0 fully saturated rings. The number of carbonyl (C=O) groups excluding carboxylic acids is 1. The maximum Gasteiger partial charge on any atom is 0.251 e. The van der Waals surface area contributed by atoms with Crippen LogP contribution in [0.2, 0.25) is 0 Å². The Labute approximate surface area is 115 Å². The van der Waals surface area contributed by atoms with Gasteiger partial charge in [0.15, 0.2) is 17.5 Å². The monoisotopic (exact) mass is 289 g/mol. The van der Waals surface area contributed by atoms with Gasteiger partial charge in [0.2, 0.25) is 0 Å². The van der Waals surface area contributed by atoms with Gasteiger partial charge in [0.1, 0.15) is 0 Å². The van der Waals surface area contributed by atoms with E-state index in [1.54, 1.807) is 6.92 Å². The number of aliphatic hydroxyl groups excluding tert-OH is 1. The lowest BCUT2D eigenvalue weighted by Crippen LogP contribution is -2.35. The molecule has 0 aliphatic rings. The summed E-state index contributed by atoms with van der Waals surface area (Å²) in [5, 5.41) is 11.8. The molecular weight excluding hydrogens is 271 g/mol. The van der Waals surface area contributed by atoms with Crippen molar-refractivity contribution < 1.29 is 23.1 Å². The number of benzene rings is 1. The third-order valence-electron chi connectivity index (χ3n) is 2.82. The molecule has 6 heteroatoms. The van der Waals surface area contributed by atoms with Crippen molar-refractivity contribution in [3.8, 4) is 0 Å². The van der Waals surface area contributed by atoms with E-state index in [9.17, 15) is 23.1 Å². The maximum atomic E-state index is 13.0. The first-order valence-corrected chi connectivity index (χ1v) is 6.23. The standard InChI is InChI=1S/C14H18F3NO2/c1-8(19)6-14(2,3)7-18-13(20)9-4-10(15)12(17)11(16)5-9/h4-5,8,19H,6-7H2,1-3H3,(H,18,20). The molecule has 3 nitrogen and oxygen atoms in total. The zero-order chi connectivity index (χ0) is 15.5. The fraction of sp³-hybridized carbons (Fsp3) is 0.500. The second-order valence-electron chi connectivity index (χ2n) is 5.65. The van der Waals surface area contributed by atoms with Crippen molar-refractivity contribution in [2.45, 2.75) is 33.3 Å². The Morgan fingerprint density at radius 2 is 1.80 bits per heavy atom. The first-order chi connectivity index (χ1) is 9.12. The van der Waals surface area contributed by atoms with Crippen molar-refractivity contribution in [2.24, 2.45) is 5.41 Å². The molecule has 0 heterocycles. The molecule has 0 aromatic heterocycles. The van der Waals surface area contributed by atoms with Gasteiger partial charge in [-0.15, -0.1) is 0 Å². The minimum absolute atomic E-state index is 0.220. The van der Waals surface area contributed by atoms with Gasteiger partial charge in [0, 0.05) is 12.1 Å². The summed E-state index contributed by atoms with van der Waals surface area (Å²) in [6, 6.07) is 1.30. The van der Waals surface area contributed by atoms with E-state index in [2.05, 4.69) is 5.32 Å². The van der Waals surface area contributed by atoms with Crippen LogP contribution in [0.25, 0.3) is 0 Å². The molecule has 2 N–H and O–H groups in total. The number of carbonyl (C=O) groups is 1. The van der Waals surface area contributed by atoms with Gasteiger partial charge in [-0.25, -0.2) is 13.2 Å². The molecule has 20 heavy (non-hydrogen) atoms.